The summed E-state index contributed by atoms with van der Waals surface area (Å²) in [5, 5.41) is 5.09. The third kappa shape index (κ3) is 3.61. The Hall–Kier alpha value is -2.15. The van der Waals surface area contributed by atoms with Crippen LogP contribution in [0, 0.1) is 0 Å². The zero-order chi connectivity index (χ0) is 16.2. The first-order valence-electron chi connectivity index (χ1n) is 7.77. The van der Waals surface area contributed by atoms with Crippen LogP contribution in [0.3, 0.4) is 0 Å². The normalized spacial score (nSPS) is 19.3. The Morgan fingerprint density at radius 3 is 3.17 bits per heavy atom. The van der Waals surface area contributed by atoms with Crippen molar-refractivity contribution in [1.82, 2.24) is 15.3 Å². The fourth-order valence-electron chi connectivity index (χ4n) is 2.85. The molecule has 2 aromatic rings. The van der Waals surface area contributed by atoms with Gasteiger partial charge in [0.1, 0.15) is 0 Å². The highest BCUT2D eigenvalue weighted by atomic mass is 32.1. The molecule has 0 bridgehead atoms. The Balaban J connectivity index is 1.64. The summed E-state index contributed by atoms with van der Waals surface area (Å²) in [6.45, 7) is 3.32. The van der Waals surface area contributed by atoms with Crippen molar-refractivity contribution in [1.29, 1.82) is 0 Å². The number of aromatic nitrogens is 2. The first-order valence-corrected chi connectivity index (χ1v) is 8.65. The third-order valence-electron chi connectivity index (χ3n) is 4.12. The van der Waals surface area contributed by atoms with E-state index in [2.05, 4.69) is 15.3 Å². The third-order valence-corrected chi connectivity index (χ3v) is 5.17. The van der Waals surface area contributed by atoms with Gasteiger partial charge in [0.15, 0.2) is 5.82 Å². The topological polar surface area (TPSA) is 78.1 Å². The number of hydrogen-bond acceptors (Lipinski definition) is 5. The average Bonchev–Trinajstić information content (AvgIpc) is 3.09. The van der Waals surface area contributed by atoms with Crippen molar-refractivity contribution in [2.24, 2.45) is 0 Å². The smallest absolute Gasteiger partial charge is 0.290 e. The van der Waals surface area contributed by atoms with Gasteiger partial charge in [-0.3, -0.25) is 9.59 Å². The first-order chi connectivity index (χ1) is 11.1. The van der Waals surface area contributed by atoms with Crippen LogP contribution in [0.15, 0.2) is 34.7 Å². The van der Waals surface area contributed by atoms with Crippen LogP contribution < -0.4 is 15.8 Å². The lowest BCUT2D eigenvalue weighted by atomic mass is 10.0. The molecule has 2 N–H and O–H groups in total. The highest BCUT2D eigenvalue weighted by Crippen LogP contribution is 2.22. The van der Waals surface area contributed by atoms with Gasteiger partial charge in [0.05, 0.1) is 5.92 Å². The van der Waals surface area contributed by atoms with Gasteiger partial charge in [-0.15, -0.1) is 11.3 Å². The molecule has 1 aliphatic heterocycles. The zero-order valence-electron chi connectivity index (χ0n) is 13.0. The predicted octanol–water partition coefficient (Wildman–Crippen LogP) is 1.72. The summed E-state index contributed by atoms with van der Waals surface area (Å²) in [5.74, 6) is 0.315. The van der Waals surface area contributed by atoms with Gasteiger partial charge in [0.2, 0.25) is 5.91 Å². The van der Waals surface area contributed by atoms with E-state index in [1.165, 1.54) is 6.20 Å². The van der Waals surface area contributed by atoms with Gasteiger partial charge in [0.25, 0.3) is 5.56 Å². The fourth-order valence-corrected chi connectivity index (χ4v) is 3.63. The molecule has 23 heavy (non-hydrogen) atoms. The Morgan fingerprint density at radius 2 is 2.43 bits per heavy atom. The summed E-state index contributed by atoms with van der Waals surface area (Å²) in [5.41, 5.74) is -0.188. The van der Waals surface area contributed by atoms with Crippen LogP contribution in [0.1, 0.15) is 30.6 Å². The summed E-state index contributed by atoms with van der Waals surface area (Å²) in [7, 11) is 0. The highest BCUT2D eigenvalue weighted by Gasteiger charge is 2.26. The number of anilines is 1. The van der Waals surface area contributed by atoms with Gasteiger partial charge >= 0.3 is 0 Å². The van der Waals surface area contributed by atoms with E-state index in [4.69, 9.17) is 0 Å². The molecule has 1 saturated heterocycles. The number of piperidine rings is 1. The zero-order valence-corrected chi connectivity index (χ0v) is 13.8. The fraction of sp³-hybridized carbons (Fsp3) is 0.438. The van der Waals surface area contributed by atoms with Crippen LogP contribution in [-0.2, 0) is 4.79 Å². The van der Waals surface area contributed by atoms with Crippen molar-refractivity contribution in [3.05, 3.63) is 45.1 Å². The second-order valence-electron chi connectivity index (χ2n) is 5.77. The van der Waals surface area contributed by atoms with E-state index < -0.39 is 0 Å². The maximum absolute atomic E-state index is 12.4. The van der Waals surface area contributed by atoms with Gasteiger partial charge in [0, 0.05) is 36.4 Å². The Labute approximate surface area is 138 Å². The number of thiophene rings is 1. The van der Waals surface area contributed by atoms with Crippen LogP contribution in [-0.4, -0.2) is 35.0 Å². The molecule has 1 aliphatic rings. The van der Waals surface area contributed by atoms with E-state index in [-0.39, 0.29) is 23.4 Å². The molecule has 2 atom stereocenters. The van der Waals surface area contributed by atoms with E-state index >= 15 is 0 Å². The summed E-state index contributed by atoms with van der Waals surface area (Å²) in [4.78, 5) is 34.1. The van der Waals surface area contributed by atoms with Crippen LogP contribution in [0.25, 0.3) is 0 Å². The van der Waals surface area contributed by atoms with Crippen molar-refractivity contribution in [2.45, 2.75) is 31.7 Å². The summed E-state index contributed by atoms with van der Waals surface area (Å²) < 4.78 is 0. The van der Waals surface area contributed by atoms with Crippen molar-refractivity contribution in [2.75, 3.05) is 18.0 Å². The summed E-state index contributed by atoms with van der Waals surface area (Å²) >= 11 is 1.59. The van der Waals surface area contributed by atoms with Crippen LogP contribution in [0.2, 0.25) is 0 Å². The minimum absolute atomic E-state index is 0.0363. The molecule has 3 rings (SSSR count). The lowest BCUT2D eigenvalue weighted by Gasteiger charge is -2.33. The number of amides is 1. The Bertz CT molecular complexity index is 713. The van der Waals surface area contributed by atoms with E-state index in [0.29, 0.717) is 12.4 Å². The molecular formula is C16H20N4O2S. The molecule has 3 heterocycles. The average molecular weight is 332 g/mol. The monoisotopic (exact) mass is 332 g/mol. The number of carbonyl (C=O) groups is 1. The van der Waals surface area contributed by atoms with Crippen LogP contribution >= 0.6 is 11.3 Å². The summed E-state index contributed by atoms with van der Waals surface area (Å²) in [6, 6.07) is 3.98. The second-order valence-corrected chi connectivity index (χ2v) is 6.75. The first kappa shape index (κ1) is 15.7. The number of hydrogen-bond donors (Lipinski definition) is 2. The maximum atomic E-state index is 12.4. The molecule has 0 aliphatic carbocycles. The maximum Gasteiger partial charge on any atom is 0.290 e. The minimum atomic E-state index is -0.188. The Kier molecular flexibility index (Phi) is 4.76. The predicted molar refractivity (Wildman–Crippen MR) is 91.0 cm³/mol. The Morgan fingerprint density at radius 1 is 1.57 bits per heavy atom. The van der Waals surface area contributed by atoms with Gasteiger partial charge < -0.3 is 15.2 Å². The van der Waals surface area contributed by atoms with Crippen molar-refractivity contribution in [3.63, 3.8) is 0 Å². The number of carbonyl (C=O) groups excluding carboxylic acids is 1. The van der Waals surface area contributed by atoms with Gasteiger partial charge in [-0.05, 0) is 31.2 Å². The molecule has 1 amide bonds. The lowest BCUT2D eigenvalue weighted by molar-refractivity contribution is -0.122. The molecule has 2 aromatic heterocycles. The minimum Gasteiger partial charge on any atom is -0.351 e. The van der Waals surface area contributed by atoms with Crippen LogP contribution in [0.5, 0.6) is 0 Å². The second kappa shape index (κ2) is 6.95. The SMILES string of the molecule is C[C@@H](C(=O)N[C@H]1CCCN(c2ncc[nH]c2=O)C1)c1cccs1. The highest BCUT2D eigenvalue weighted by molar-refractivity contribution is 7.10. The standard InChI is InChI=1S/C16H20N4O2S/c1-11(13-5-3-9-23-13)15(21)19-12-4-2-8-20(10-12)14-16(22)18-7-6-17-14/h3,5-7,9,11-12H,2,4,8,10H2,1H3,(H,18,22)(H,19,21)/t11-,12+/m1/s1. The molecular weight excluding hydrogens is 312 g/mol. The number of nitrogens with zero attached hydrogens (tertiary/aromatic N) is 2. The van der Waals surface area contributed by atoms with Crippen molar-refractivity contribution < 1.29 is 4.79 Å². The molecule has 0 unspecified atom stereocenters. The quantitative estimate of drug-likeness (QED) is 0.894. The molecule has 122 valence electrons. The molecule has 0 saturated carbocycles. The number of H-pyrrole nitrogens is 1. The molecule has 7 heteroatoms. The van der Waals surface area contributed by atoms with E-state index in [1.54, 1.807) is 17.5 Å². The number of nitrogens with one attached hydrogen (secondary N) is 2. The largest absolute Gasteiger partial charge is 0.351 e. The van der Waals surface area contributed by atoms with Gasteiger partial charge in [-0.25, -0.2) is 4.98 Å². The van der Waals surface area contributed by atoms with E-state index in [1.807, 2.05) is 29.3 Å². The molecule has 6 nitrogen and oxygen atoms in total. The summed E-state index contributed by atoms with van der Waals surface area (Å²) in [6.07, 6.45) is 4.95. The molecule has 1 fully saturated rings. The van der Waals surface area contributed by atoms with E-state index in [0.717, 1.165) is 24.3 Å². The number of aromatic amines is 1. The lowest BCUT2D eigenvalue weighted by Crippen LogP contribution is -2.50. The molecule has 0 spiro atoms. The molecule has 0 radical (unpaired) electrons. The van der Waals surface area contributed by atoms with E-state index in [9.17, 15) is 9.59 Å². The van der Waals surface area contributed by atoms with Crippen molar-refractivity contribution >= 4 is 23.1 Å². The van der Waals surface area contributed by atoms with Crippen molar-refractivity contribution in [3.8, 4) is 0 Å². The number of rotatable bonds is 4. The van der Waals surface area contributed by atoms with Gasteiger partial charge in [-0.1, -0.05) is 6.07 Å². The van der Waals surface area contributed by atoms with Gasteiger partial charge in [-0.2, -0.15) is 0 Å². The molecule has 0 aromatic carbocycles. The van der Waals surface area contributed by atoms with Crippen LogP contribution in [0.4, 0.5) is 5.82 Å².